The molecule has 3 aromatic rings. The molecule has 2 heterocycles. The summed E-state index contributed by atoms with van der Waals surface area (Å²) in [5.74, 6) is -1.53. The average molecular weight is 489 g/mol. The number of hydrogen-bond donors (Lipinski definition) is 2. The number of ether oxygens (including phenoxy) is 2. The van der Waals surface area contributed by atoms with E-state index >= 15 is 0 Å². The van der Waals surface area contributed by atoms with Crippen molar-refractivity contribution in [3.63, 3.8) is 0 Å². The van der Waals surface area contributed by atoms with Gasteiger partial charge in [0.1, 0.15) is 29.5 Å². The zero-order valence-electron chi connectivity index (χ0n) is 20.4. The van der Waals surface area contributed by atoms with Gasteiger partial charge in [-0.25, -0.2) is 18.6 Å². The Balaban J connectivity index is 1.66. The number of aromatic nitrogens is 2. The van der Waals surface area contributed by atoms with Crippen LogP contribution in [-0.2, 0) is 11.3 Å². The van der Waals surface area contributed by atoms with Gasteiger partial charge in [-0.05, 0) is 57.9 Å². The summed E-state index contributed by atoms with van der Waals surface area (Å²) >= 11 is 0. The maximum absolute atomic E-state index is 13.9. The summed E-state index contributed by atoms with van der Waals surface area (Å²) in [5.41, 5.74) is 0.356. The third-order valence-corrected chi connectivity index (χ3v) is 5.04. The topological polar surface area (TPSA) is 94.0 Å². The van der Waals surface area contributed by atoms with E-state index in [-0.39, 0.29) is 29.7 Å². The molecule has 0 saturated carbocycles. The summed E-state index contributed by atoms with van der Waals surface area (Å²) in [5, 5.41) is 5.53. The number of benzene rings is 1. The number of pyridine rings is 1. The number of fused-ring (bicyclic) bond motifs is 1. The molecule has 0 fully saturated rings. The number of carbonyl (C=O) groups is 2. The van der Waals surface area contributed by atoms with Crippen LogP contribution in [0.1, 0.15) is 49.4 Å². The lowest BCUT2D eigenvalue weighted by Gasteiger charge is -2.21. The van der Waals surface area contributed by atoms with Gasteiger partial charge in [-0.15, -0.1) is 0 Å². The Morgan fingerprint density at radius 2 is 1.74 bits per heavy atom. The summed E-state index contributed by atoms with van der Waals surface area (Å²) < 4.78 is 40.3. The summed E-state index contributed by atoms with van der Waals surface area (Å²) in [7, 11) is 0. The quantitative estimate of drug-likeness (QED) is 0.491. The SMILES string of the molecule is Cc1nc2c(OCc3c(F)cccc3F)cccn2c1C(=O)NCC(C)CNC(=O)OC(C)(C)C. The molecule has 1 atom stereocenters. The molecule has 2 aromatic heterocycles. The van der Waals surface area contributed by atoms with E-state index in [0.29, 0.717) is 30.1 Å². The monoisotopic (exact) mass is 488 g/mol. The van der Waals surface area contributed by atoms with Crippen LogP contribution in [0, 0.1) is 24.5 Å². The number of alkyl carbamates (subject to hydrolysis) is 1. The molecule has 188 valence electrons. The third-order valence-electron chi connectivity index (χ3n) is 5.04. The van der Waals surface area contributed by atoms with Crippen molar-refractivity contribution in [3.05, 3.63) is 65.1 Å². The van der Waals surface area contributed by atoms with Crippen molar-refractivity contribution >= 4 is 17.6 Å². The number of amides is 2. The smallest absolute Gasteiger partial charge is 0.407 e. The van der Waals surface area contributed by atoms with Gasteiger partial charge in [0.25, 0.3) is 5.91 Å². The Bertz CT molecular complexity index is 1200. The van der Waals surface area contributed by atoms with Crippen LogP contribution in [0.25, 0.3) is 5.65 Å². The van der Waals surface area contributed by atoms with E-state index in [4.69, 9.17) is 9.47 Å². The zero-order valence-corrected chi connectivity index (χ0v) is 20.4. The Hall–Kier alpha value is -3.69. The standard InChI is InChI=1S/C25H30F2N4O4/c1-15(13-29-24(33)35-25(3,4)5)12-28-23(32)21-16(2)30-22-20(10-7-11-31(21)22)34-14-17-18(26)8-6-9-19(17)27/h6-11,15H,12-14H2,1-5H3,(H,28,32)(H,29,33). The highest BCUT2D eigenvalue weighted by Gasteiger charge is 2.21. The van der Waals surface area contributed by atoms with Gasteiger partial charge >= 0.3 is 6.09 Å². The Labute approximate surface area is 202 Å². The molecule has 0 bridgehead atoms. The fourth-order valence-corrected chi connectivity index (χ4v) is 3.36. The first-order valence-corrected chi connectivity index (χ1v) is 11.2. The van der Waals surface area contributed by atoms with Gasteiger partial charge in [0.15, 0.2) is 11.4 Å². The number of imidazole rings is 1. The van der Waals surface area contributed by atoms with Gasteiger partial charge in [0, 0.05) is 19.3 Å². The molecular formula is C25H30F2N4O4. The molecule has 1 unspecified atom stereocenters. The number of carbonyl (C=O) groups excluding carboxylic acids is 2. The van der Waals surface area contributed by atoms with Crippen LogP contribution in [0.4, 0.5) is 13.6 Å². The van der Waals surface area contributed by atoms with Crippen LogP contribution < -0.4 is 15.4 Å². The number of hydrogen-bond acceptors (Lipinski definition) is 5. The van der Waals surface area contributed by atoms with E-state index < -0.39 is 23.3 Å². The minimum absolute atomic E-state index is 0.0551. The fraction of sp³-hybridized carbons (Fsp3) is 0.400. The van der Waals surface area contributed by atoms with Gasteiger partial charge in [-0.1, -0.05) is 13.0 Å². The predicted molar refractivity (Wildman–Crippen MR) is 126 cm³/mol. The largest absolute Gasteiger partial charge is 0.485 e. The molecule has 2 N–H and O–H groups in total. The number of nitrogens with one attached hydrogen (secondary N) is 2. The summed E-state index contributed by atoms with van der Waals surface area (Å²) in [4.78, 5) is 29.2. The number of halogens is 2. The molecule has 0 radical (unpaired) electrons. The van der Waals surface area contributed by atoms with Gasteiger partial charge in [0.05, 0.1) is 11.3 Å². The molecule has 0 aliphatic heterocycles. The predicted octanol–water partition coefficient (Wildman–Crippen LogP) is 4.39. The lowest BCUT2D eigenvalue weighted by atomic mass is 10.2. The second-order valence-corrected chi connectivity index (χ2v) is 9.30. The second-order valence-electron chi connectivity index (χ2n) is 9.30. The molecule has 0 aliphatic carbocycles. The lowest BCUT2D eigenvalue weighted by molar-refractivity contribution is 0.0520. The first kappa shape index (κ1) is 25.9. The van der Waals surface area contributed by atoms with Crippen molar-refractivity contribution in [1.29, 1.82) is 0 Å². The highest BCUT2D eigenvalue weighted by Crippen LogP contribution is 2.24. The van der Waals surface area contributed by atoms with Crippen molar-refractivity contribution < 1.29 is 27.8 Å². The van der Waals surface area contributed by atoms with E-state index in [0.717, 1.165) is 12.1 Å². The molecule has 0 aliphatic rings. The fourth-order valence-electron chi connectivity index (χ4n) is 3.36. The van der Waals surface area contributed by atoms with Crippen LogP contribution in [0.3, 0.4) is 0 Å². The second kappa shape index (κ2) is 10.7. The summed E-state index contributed by atoms with van der Waals surface area (Å²) in [6, 6.07) is 6.88. The third kappa shape index (κ3) is 6.68. The van der Waals surface area contributed by atoms with Crippen LogP contribution in [0.2, 0.25) is 0 Å². The van der Waals surface area contributed by atoms with Gasteiger partial charge < -0.3 is 20.1 Å². The van der Waals surface area contributed by atoms with Crippen LogP contribution in [-0.4, -0.2) is 40.1 Å². The molecule has 35 heavy (non-hydrogen) atoms. The normalized spacial score (nSPS) is 12.3. The molecular weight excluding hydrogens is 458 g/mol. The maximum atomic E-state index is 13.9. The minimum atomic E-state index is -0.702. The first-order valence-electron chi connectivity index (χ1n) is 11.2. The maximum Gasteiger partial charge on any atom is 0.407 e. The van der Waals surface area contributed by atoms with Crippen molar-refractivity contribution in [2.75, 3.05) is 13.1 Å². The number of nitrogens with zero attached hydrogens (tertiary/aromatic N) is 2. The van der Waals surface area contributed by atoms with Crippen molar-refractivity contribution in [2.24, 2.45) is 5.92 Å². The molecule has 1 aromatic carbocycles. The Morgan fingerprint density at radius 3 is 2.40 bits per heavy atom. The average Bonchev–Trinajstić information content (AvgIpc) is 3.11. The van der Waals surface area contributed by atoms with Gasteiger partial charge in [-0.3, -0.25) is 9.20 Å². The van der Waals surface area contributed by atoms with Crippen molar-refractivity contribution in [2.45, 2.75) is 46.8 Å². The van der Waals surface area contributed by atoms with Crippen LogP contribution in [0.15, 0.2) is 36.5 Å². The number of aryl methyl sites for hydroxylation is 1. The number of rotatable bonds is 8. The van der Waals surface area contributed by atoms with Gasteiger partial charge in [0.2, 0.25) is 0 Å². The van der Waals surface area contributed by atoms with Crippen molar-refractivity contribution in [1.82, 2.24) is 20.0 Å². The van der Waals surface area contributed by atoms with Gasteiger partial charge in [-0.2, -0.15) is 0 Å². The Morgan fingerprint density at radius 1 is 1.09 bits per heavy atom. The van der Waals surface area contributed by atoms with Crippen molar-refractivity contribution in [3.8, 4) is 5.75 Å². The minimum Gasteiger partial charge on any atom is -0.485 e. The van der Waals surface area contributed by atoms with Crippen LogP contribution >= 0.6 is 0 Å². The van der Waals surface area contributed by atoms with E-state index in [9.17, 15) is 18.4 Å². The first-order chi connectivity index (χ1) is 16.5. The molecule has 3 rings (SSSR count). The summed E-state index contributed by atoms with van der Waals surface area (Å²) in [6.45, 7) is 9.22. The zero-order chi connectivity index (χ0) is 25.8. The summed E-state index contributed by atoms with van der Waals surface area (Å²) in [6.07, 6.45) is 1.14. The molecule has 2 amide bonds. The van der Waals surface area contributed by atoms with E-state index in [1.165, 1.54) is 6.07 Å². The molecule has 0 spiro atoms. The molecule has 8 nitrogen and oxygen atoms in total. The van der Waals surface area contributed by atoms with E-state index in [1.807, 2.05) is 6.92 Å². The highest BCUT2D eigenvalue weighted by molar-refractivity contribution is 5.95. The van der Waals surface area contributed by atoms with E-state index in [1.54, 1.807) is 50.4 Å². The van der Waals surface area contributed by atoms with Crippen LogP contribution in [0.5, 0.6) is 5.75 Å². The van der Waals surface area contributed by atoms with E-state index in [2.05, 4.69) is 15.6 Å². The molecule has 0 saturated heterocycles. The Kier molecular flexibility index (Phi) is 7.93. The highest BCUT2D eigenvalue weighted by atomic mass is 19.1. The molecule has 10 heteroatoms. The lowest BCUT2D eigenvalue weighted by Crippen LogP contribution is -2.38.